The number of hydrogen-bond donors (Lipinski definition) is 1. The molecule has 0 aromatic heterocycles. The average Bonchev–Trinajstić information content (AvgIpc) is 2.47. The van der Waals surface area contributed by atoms with Gasteiger partial charge in [-0.05, 0) is 45.1 Å². The van der Waals surface area contributed by atoms with Crippen molar-refractivity contribution in [3.05, 3.63) is 0 Å². The molecule has 0 aliphatic carbocycles. The first kappa shape index (κ1) is 12.0. The Morgan fingerprint density at radius 1 is 1.43 bits per heavy atom. The van der Waals surface area contributed by atoms with E-state index in [1.807, 2.05) is 13.8 Å². The second-order valence-electron chi connectivity index (χ2n) is 5.66. The second-order valence-corrected chi connectivity index (χ2v) is 5.66. The predicted octanol–water partition coefficient (Wildman–Crippen LogP) is 2.13. The Labute approximate surface area is 88.3 Å². The third kappa shape index (κ3) is 3.97. The van der Waals surface area contributed by atoms with Crippen LogP contribution in [0, 0.1) is 11.8 Å². The molecule has 0 aromatic carbocycles. The summed E-state index contributed by atoms with van der Waals surface area (Å²) in [6.45, 7) is 11.9. The third-order valence-electron chi connectivity index (χ3n) is 3.29. The summed E-state index contributed by atoms with van der Waals surface area (Å²) in [7, 11) is 0. The maximum Gasteiger partial charge on any atom is 0.0603 e. The molecule has 1 aliphatic rings. The maximum atomic E-state index is 9.63. The lowest BCUT2D eigenvalue weighted by molar-refractivity contribution is 0.0599. The molecule has 84 valence electrons. The Balaban J connectivity index is 2.23. The highest BCUT2D eigenvalue weighted by atomic mass is 16.3. The van der Waals surface area contributed by atoms with E-state index in [0.29, 0.717) is 0 Å². The number of rotatable bonds is 4. The molecule has 0 spiro atoms. The van der Waals surface area contributed by atoms with Crippen molar-refractivity contribution >= 4 is 0 Å². The van der Waals surface area contributed by atoms with Gasteiger partial charge in [0.2, 0.25) is 0 Å². The zero-order valence-electron chi connectivity index (χ0n) is 10.1. The lowest BCUT2D eigenvalue weighted by Gasteiger charge is -2.22. The Hall–Kier alpha value is -0.0800. The van der Waals surface area contributed by atoms with Crippen LogP contribution in [0.1, 0.15) is 40.5 Å². The average molecular weight is 199 g/mol. The van der Waals surface area contributed by atoms with Gasteiger partial charge >= 0.3 is 0 Å². The first-order chi connectivity index (χ1) is 6.38. The van der Waals surface area contributed by atoms with Crippen LogP contribution in [0.4, 0.5) is 0 Å². The molecule has 2 nitrogen and oxygen atoms in total. The van der Waals surface area contributed by atoms with E-state index in [0.717, 1.165) is 24.8 Å². The van der Waals surface area contributed by atoms with Gasteiger partial charge in [-0.25, -0.2) is 0 Å². The summed E-state index contributed by atoms with van der Waals surface area (Å²) >= 11 is 0. The molecular formula is C12H25NO. The molecule has 1 N–H and O–H groups in total. The van der Waals surface area contributed by atoms with Crippen LogP contribution in [0.2, 0.25) is 0 Å². The highest BCUT2D eigenvalue weighted by molar-refractivity contribution is 4.79. The van der Waals surface area contributed by atoms with Gasteiger partial charge in [-0.3, -0.25) is 0 Å². The fourth-order valence-electron chi connectivity index (χ4n) is 2.04. The van der Waals surface area contributed by atoms with Crippen LogP contribution in [0.15, 0.2) is 0 Å². The number of likely N-dealkylation sites (tertiary alicyclic amines) is 1. The molecule has 14 heavy (non-hydrogen) atoms. The van der Waals surface area contributed by atoms with E-state index in [1.54, 1.807) is 0 Å². The van der Waals surface area contributed by atoms with E-state index in [4.69, 9.17) is 0 Å². The van der Waals surface area contributed by atoms with Crippen LogP contribution < -0.4 is 0 Å². The number of hydrogen-bond acceptors (Lipinski definition) is 2. The van der Waals surface area contributed by atoms with Crippen LogP contribution >= 0.6 is 0 Å². The van der Waals surface area contributed by atoms with Gasteiger partial charge in [0.1, 0.15) is 0 Å². The van der Waals surface area contributed by atoms with Crippen molar-refractivity contribution in [2.24, 2.45) is 11.8 Å². The quantitative estimate of drug-likeness (QED) is 0.749. The summed E-state index contributed by atoms with van der Waals surface area (Å²) in [5.41, 5.74) is -0.504. The van der Waals surface area contributed by atoms with E-state index in [-0.39, 0.29) is 0 Å². The SMILES string of the molecule is CC(C)C1CCN(CCC(C)(C)O)C1. The van der Waals surface area contributed by atoms with Gasteiger partial charge in [0.05, 0.1) is 5.60 Å². The molecule has 1 heterocycles. The Morgan fingerprint density at radius 2 is 2.07 bits per heavy atom. The summed E-state index contributed by atoms with van der Waals surface area (Å²) in [4.78, 5) is 2.49. The van der Waals surface area contributed by atoms with Crippen LogP contribution in [-0.4, -0.2) is 35.2 Å². The maximum absolute atomic E-state index is 9.63. The third-order valence-corrected chi connectivity index (χ3v) is 3.29. The normalized spacial score (nSPS) is 24.9. The minimum absolute atomic E-state index is 0.504. The van der Waals surface area contributed by atoms with Crippen molar-refractivity contribution in [3.8, 4) is 0 Å². The standard InChI is InChI=1S/C12H25NO/c1-10(2)11-5-7-13(9-11)8-6-12(3,4)14/h10-11,14H,5-9H2,1-4H3. The predicted molar refractivity (Wildman–Crippen MR) is 60.3 cm³/mol. The molecule has 2 heteroatoms. The summed E-state index contributed by atoms with van der Waals surface area (Å²) in [5, 5.41) is 9.63. The Morgan fingerprint density at radius 3 is 2.50 bits per heavy atom. The smallest absolute Gasteiger partial charge is 0.0603 e. The van der Waals surface area contributed by atoms with Gasteiger partial charge in [0.25, 0.3) is 0 Å². The topological polar surface area (TPSA) is 23.5 Å². The number of aliphatic hydroxyl groups is 1. The molecule has 1 atom stereocenters. The fraction of sp³-hybridized carbons (Fsp3) is 1.00. The van der Waals surface area contributed by atoms with Crippen molar-refractivity contribution in [2.75, 3.05) is 19.6 Å². The molecule has 0 saturated carbocycles. The van der Waals surface area contributed by atoms with Crippen molar-refractivity contribution in [2.45, 2.75) is 46.1 Å². The lowest BCUT2D eigenvalue weighted by Crippen LogP contribution is -2.30. The van der Waals surface area contributed by atoms with Crippen LogP contribution in [-0.2, 0) is 0 Å². The minimum atomic E-state index is -0.504. The summed E-state index contributed by atoms with van der Waals surface area (Å²) < 4.78 is 0. The molecule has 1 rings (SSSR count). The molecule has 0 amide bonds. The van der Waals surface area contributed by atoms with Gasteiger partial charge < -0.3 is 10.0 Å². The van der Waals surface area contributed by atoms with Crippen molar-refractivity contribution in [1.82, 2.24) is 4.90 Å². The number of nitrogens with zero attached hydrogens (tertiary/aromatic N) is 1. The van der Waals surface area contributed by atoms with Crippen LogP contribution in [0.5, 0.6) is 0 Å². The highest BCUT2D eigenvalue weighted by Crippen LogP contribution is 2.24. The van der Waals surface area contributed by atoms with Gasteiger partial charge in [0.15, 0.2) is 0 Å². The molecule has 0 radical (unpaired) electrons. The minimum Gasteiger partial charge on any atom is -0.390 e. The molecule has 1 aliphatic heterocycles. The van der Waals surface area contributed by atoms with E-state index in [9.17, 15) is 5.11 Å². The van der Waals surface area contributed by atoms with E-state index >= 15 is 0 Å². The van der Waals surface area contributed by atoms with Gasteiger partial charge in [-0.2, -0.15) is 0 Å². The molecule has 0 bridgehead atoms. The van der Waals surface area contributed by atoms with E-state index in [2.05, 4.69) is 18.7 Å². The van der Waals surface area contributed by atoms with Crippen molar-refractivity contribution in [1.29, 1.82) is 0 Å². The zero-order chi connectivity index (χ0) is 10.8. The highest BCUT2D eigenvalue weighted by Gasteiger charge is 2.25. The summed E-state index contributed by atoms with van der Waals surface area (Å²) in [5.74, 6) is 1.68. The van der Waals surface area contributed by atoms with Gasteiger partial charge in [0, 0.05) is 13.1 Å². The Bertz CT molecular complexity index is 172. The van der Waals surface area contributed by atoms with E-state index < -0.39 is 5.60 Å². The fourth-order valence-corrected chi connectivity index (χ4v) is 2.04. The molecule has 0 aromatic rings. The van der Waals surface area contributed by atoms with Gasteiger partial charge in [-0.1, -0.05) is 13.8 Å². The summed E-state index contributed by atoms with van der Waals surface area (Å²) in [6, 6.07) is 0. The monoisotopic (exact) mass is 199 g/mol. The largest absolute Gasteiger partial charge is 0.390 e. The second kappa shape index (κ2) is 4.63. The van der Waals surface area contributed by atoms with Crippen molar-refractivity contribution in [3.63, 3.8) is 0 Å². The lowest BCUT2D eigenvalue weighted by atomic mass is 9.95. The van der Waals surface area contributed by atoms with Gasteiger partial charge in [-0.15, -0.1) is 0 Å². The van der Waals surface area contributed by atoms with Crippen molar-refractivity contribution < 1.29 is 5.11 Å². The molecule has 1 unspecified atom stereocenters. The molecule has 1 saturated heterocycles. The molecular weight excluding hydrogens is 174 g/mol. The van der Waals surface area contributed by atoms with E-state index in [1.165, 1.54) is 19.5 Å². The van der Waals surface area contributed by atoms with Crippen LogP contribution in [0.25, 0.3) is 0 Å². The van der Waals surface area contributed by atoms with Crippen LogP contribution in [0.3, 0.4) is 0 Å². The first-order valence-corrected chi connectivity index (χ1v) is 5.83. The molecule has 1 fully saturated rings. The Kier molecular flexibility index (Phi) is 3.96. The zero-order valence-corrected chi connectivity index (χ0v) is 10.1. The first-order valence-electron chi connectivity index (χ1n) is 5.83. The summed E-state index contributed by atoms with van der Waals surface area (Å²) in [6.07, 6.45) is 2.22.